The van der Waals surface area contributed by atoms with Crippen molar-refractivity contribution in [3.8, 4) is 5.75 Å². The van der Waals surface area contributed by atoms with Crippen LogP contribution in [0.3, 0.4) is 0 Å². The number of hydrogen-bond acceptors (Lipinski definition) is 3. The van der Waals surface area contributed by atoms with Crippen molar-refractivity contribution >= 4 is 17.7 Å². The minimum Gasteiger partial charge on any atom is -0.484 e. The number of nitrogens with two attached hydrogens (primary N) is 1. The molecular formula is C11H12ClF2NO3. The van der Waals surface area contributed by atoms with Crippen molar-refractivity contribution in [1.82, 2.24) is 0 Å². The molecule has 0 radical (unpaired) electrons. The Morgan fingerprint density at radius 2 is 2.17 bits per heavy atom. The Balaban J connectivity index is 2.80. The molecule has 0 aliphatic carbocycles. The van der Waals surface area contributed by atoms with Gasteiger partial charge in [0, 0.05) is 11.6 Å². The number of amides is 1. The normalized spacial score (nSPS) is 12.0. The summed E-state index contributed by atoms with van der Waals surface area (Å²) in [7, 11) is 0. The highest BCUT2D eigenvalue weighted by molar-refractivity contribution is 6.17. The van der Waals surface area contributed by atoms with Crippen LogP contribution < -0.4 is 10.5 Å². The molecule has 0 aromatic heterocycles. The van der Waals surface area contributed by atoms with E-state index in [1.807, 2.05) is 0 Å². The maximum absolute atomic E-state index is 13.5. The molecule has 0 fully saturated rings. The molecular weight excluding hydrogens is 268 g/mol. The number of carbonyl (C=O) groups is 1. The largest absolute Gasteiger partial charge is 0.484 e. The summed E-state index contributed by atoms with van der Waals surface area (Å²) in [5.74, 6) is -1.87. The summed E-state index contributed by atoms with van der Waals surface area (Å²) in [6.07, 6.45) is -1.60. The lowest BCUT2D eigenvalue weighted by atomic mass is 10.2. The van der Waals surface area contributed by atoms with Crippen LogP contribution in [0.2, 0.25) is 0 Å². The highest BCUT2D eigenvalue weighted by atomic mass is 35.5. The van der Waals surface area contributed by atoms with Crippen LogP contribution in [0.4, 0.5) is 13.6 Å². The smallest absolute Gasteiger partial charge is 0.404 e. The van der Waals surface area contributed by atoms with Gasteiger partial charge in [-0.15, -0.1) is 11.6 Å². The van der Waals surface area contributed by atoms with Gasteiger partial charge in [0.2, 0.25) is 0 Å². The standard InChI is InChI=1S/C11H12ClF2NO3/c1-6(5-17-11(15)16)18-10-7(4-12)2-8(13)3-9(10)14/h2-3,6H,4-5H2,1H3,(H2,15,16). The minimum absolute atomic E-state index is 0.104. The topological polar surface area (TPSA) is 61.5 Å². The van der Waals surface area contributed by atoms with E-state index in [1.165, 1.54) is 0 Å². The quantitative estimate of drug-likeness (QED) is 0.843. The van der Waals surface area contributed by atoms with Crippen LogP contribution in [0.5, 0.6) is 5.75 Å². The summed E-state index contributed by atoms with van der Waals surface area (Å²) in [6.45, 7) is 1.40. The minimum atomic E-state index is -0.956. The van der Waals surface area contributed by atoms with E-state index in [0.717, 1.165) is 6.07 Å². The molecule has 7 heteroatoms. The fraction of sp³-hybridized carbons (Fsp3) is 0.364. The monoisotopic (exact) mass is 279 g/mol. The first kappa shape index (κ1) is 14.5. The fourth-order valence-electron chi connectivity index (χ4n) is 1.28. The van der Waals surface area contributed by atoms with Crippen LogP contribution in [0, 0.1) is 11.6 Å². The first-order chi connectivity index (χ1) is 8.43. The summed E-state index contributed by atoms with van der Waals surface area (Å²) in [5, 5.41) is 0. The Kier molecular flexibility index (Phi) is 5.15. The summed E-state index contributed by atoms with van der Waals surface area (Å²) in [4.78, 5) is 10.4. The van der Waals surface area contributed by atoms with Crippen molar-refractivity contribution in [2.24, 2.45) is 5.73 Å². The van der Waals surface area contributed by atoms with Gasteiger partial charge in [-0.3, -0.25) is 0 Å². The molecule has 1 aromatic carbocycles. The zero-order chi connectivity index (χ0) is 13.7. The molecule has 0 aliphatic heterocycles. The van der Waals surface area contributed by atoms with E-state index in [9.17, 15) is 13.6 Å². The van der Waals surface area contributed by atoms with E-state index in [-0.39, 0.29) is 23.8 Å². The second-order valence-corrected chi connectivity index (χ2v) is 3.84. The molecule has 2 N–H and O–H groups in total. The molecule has 0 bridgehead atoms. The van der Waals surface area contributed by atoms with Crippen molar-refractivity contribution in [3.63, 3.8) is 0 Å². The molecule has 0 saturated heterocycles. The summed E-state index contributed by atoms with van der Waals surface area (Å²) in [5.41, 5.74) is 4.96. The van der Waals surface area contributed by atoms with Gasteiger partial charge in [-0.1, -0.05) is 0 Å². The van der Waals surface area contributed by atoms with Crippen LogP contribution in [0.1, 0.15) is 12.5 Å². The number of hydrogen-bond donors (Lipinski definition) is 1. The molecule has 1 amide bonds. The molecule has 100 valence electrons. The molecule has 1 atom stereocenters. The number of ether oxygens (including phenoxy) is 2. The molecule has 0 aliphatic rings. The molecule has 18 heavy (non-hydrogen) atoms. The number of alkyl halides is 1. The summed E-state index contributed by atoms with van der Waals surface area (Å²) >= 11 is 5.57. The Morgan fingerprint density at radius 3 is 2.72 bits per heavy atom. The van der Waals surface area contributed by atoms with Gasteiger partial charge >= 0.3 is 6.09 Å². The Morgan fingerprint density at radius 1 is 1.50 bits per heavy atom. The third-order valence-corrected chi connectivity index (χ3v) is 2.30. The van der Waals surface area contributed by atoms with E-state index in [2.05, 4.69) is 4.74 Å². The van der Waals surface area contributed by atoms with Gasteiger partial charge in [-0.05, 0) is 13.0 Å². The lowest BCUT2D eigenvalue weighted by Gasteiger charge is -2.17. The molecule has 4 nitrogen and oxygen atoms in total. The summed E-state index contributed by atoms with van der Waals surface area (Å²) in [6, 6.07) is 1.76. The van der Waals surface area contributed by atoms with Gasteiger partial charge in [0.15, 0.2) is 11.6 Å². The first-order valence-electron chi connectivity index (χ1n) is 5.06. The lowest BCUT2D eigenvalue weighted by molar-refractivity contribution is 0.0935. The van der Waals surface area contributed by atoms with Crippen LogP contribution in [0.25, 0.3) is 0 Å². The maximum Gasteiger partial charge on any atom is 0.404 e. The van der Waals surface area contributed by atoms with E-state index in [0.29, 0.717) is 6.07 Å². The summed E-state index contributed by atoms with van der Waals surface area (Å²) < 4.78 is 36.2. The van der Waals surface area contributed by atoms with E-state index in [1.54, 1.807) is 6.92 Å². The maximum atomic E-state index is 13.5. The lowest BCUT2D eigenvalue weighted by Crippen LogP contribution is -2.25. The predicted molar refractivity (Wildman–Crippen MR) is 61.5 cm³/mol. The number of rotatable bonds is 5. The molecule has 0 heterocycles. The highest BCUT2D eigenvalue weighted by Gasteiger charge is 2.16. The van der Waals surface area contributed by atoms with E-state index in [4.69, 9.17) is 22.1 Å². The molecule has 1 unspecified atom stereocenters. The molecule has 0 spiro atoms. The van der Waals surface area contributed by atoms with E-state index >= 15 is 0 Å². The van der Waals surface area contributed by atoms with Gasteiger partial charge in [0.1, 0.15) is 18.5 Å². The van der Waals surface area contributed by atoms with Gasteiger partial charge in [-0.25, -0.2) is 13.6 Å². The van der Waals surface area contributed by atoms with Gasteiger partial charge < -0.3 is 15.2 Å². The first-order valence-corrected chi connectivity index (χ1v) is 5.60. The number of halogens is 3. The van der Waals surface area contributed by atoms with Crippen molar-refractivity contribution in [2.45, 2.75) is 18.9 Å². The van der Waals surface area contributed by atoms with Crippen molar-refractivity contribution < 1.29 is 23.0 Å². The van der Waals surface area contributed by atoms with Crippen molar-refractivity contribution in [3.05, 3.63) is 29.3 Å². The zero-order valence-electron chi connectivity index (χ0n) is 9.58. The fourth-order valence-corrected chi connectivity index (χ4v) is 1.48. The SMILES string of the molecule is CC(COC(N)=O)Oc1c(F)cc(F)cc1CCl. The average Bonchev–Trinajstić information content (AvgIpc) is 2.29. The second-order valence-electron chi connectivity index (χ2n) is 3.57. The van der Waals surface area contributed by atoms with Crippen molar-refractivity contribution in [1.29, 1.82) is 0 Å². The Bertz CT molecular complexity index is 443. The zero-order valence-corrected chi connectivity index (χ0v) is 10.3. The highest BCUT2D eigenvalue weighted by Crippen LogP contribution is 2.26. The van der Waals surface area contributed by atoms with Crippen LogP contribution in [-0.2, 0) is 10.6 Å². The van der Waals surface area contributed by atoms with Crippen LogP contribution in [0.15, 0.2) is 12.1 Å². The Hall–Kier alpha value is -1.56. The number of benzene rings is 1. The Labute approximate surface area is 108 Å². The number of primary amides is 1. The predicted octanol–water partition coefficient (Wildman–Crippen LogP) is 2.57. The average molecular weight is 280 g/mol. The molecule has 0 saturated carbocycles. The van der Waals surface area contributed by atoms with Crippen LogP contribution >= 0.6 is 11.6 Å². The van der Waals surface area contributed by atoms with Crippen molar-refractivity contribution in [2.75, 3.05) is 6.61 Å². The third kappa shape index (κ3) is 4.03. The molecule has 1 aromatic rings. The third-order valence-electron chi connectivity index (χ3n) is 2.01. The molecule has 1 rings (SSSR count). The van der Waals surface area contributed by atoms with Gasteiger partial charge in [0.25, 0.3) is 0 Å². The van der Waals surface area contributed by atoms with E-state index < -0.39 is 23.8 Å². The van der Waals surface area contributed by atoms with Gasteiger partial charge in [0.05, 0.1) is 5.88 Å². The number of carbonyl (C=O) groups excluding carboxylic acids is 1. The van der Waals surface area contributed by atoms with Crippen LogP contribution in [-0.4, -0.2) is 18.8 Å². The van der Waals surface area contributed by atoms with Gasteiger partial charge in [-0.2, -0.15) is 0 Å². The second kappa shape index (κ2) is 6.39.